The van der Waals surface area contributed by atoms with Crippen LogP contribution >= 0.6 is 11.6 Å². The minimum absolute atomic E-state index is 0.0670. The standard InChI is InChI=1S/C37H44ClN3O6S/c1-23-6-4-15-37(43,19-30-16-24(2)47-39-30)32-11-8-28(32)20-41-21-36(14-5-7-26-17-29(38)10-12-31(26)36)22-46-34-13-9-27(18-33(34)41)35(42)40-48(44,45)25(23)3/h4,9-10,12-13,15-18,23,25,28,32,43H,5-8,11,14,19-22H2,1-3H3,(H,40,42)/b15-4-/t23-,25+,28-,32+,36-,37-/m0/s1. The van der Waals surface area contributed by atoms with E-state index in [1.165, 1.54) is 11.1 Å². The molecule has 1 aromatic heterocycles. The van der Waals surface area contributed by atoms with Gasteiger partial charge in [-0.1, -0.05) is 41.9 Å². The molecule has 2 aromatic carbocycles. The van der Waals surface area contributed by atoms with Gasteiger partial charge in [0.15, 0.2) is 0 Å². The highest BCUT2D eigenvalue weighted by Gasteiger charge is 2.48. The van der Waals surface area contributed by atoms with Gasteiger partial charge in [0.2, 0.25) is 10.0 Å². The molecule has 3 heterocycles. The van der Waals surface area contributed by atoms with Gasteiger partial charge in [0.05, 0.1) is 28.8 Å². The van der Waals surface area contributed by atoms with Crippen LogP contribution < -0.4 is 14.4 Å². The number of carbonyl (C=O) groups is 1. The Balaban J connectivity index is 1.32. The lowest BCUT2D eigenvalue weighted by Crippen LogP contribution is -2.53. The van der Waals surface area contributed by atoms with E-state index < -0.39 is 26.8 Å². The summed E-state index contributed by atoms with van der Waals surface area (Å²) >= 11 is 6.44. The Kier molecular flexibility index (Phi) is 8.65. The third-order valence-corrected chi connectivity index (χ3v) is 13.5. The number of allylic oxidation sites excluding steroid dienone is 1. The van der Waals surface area contributed by atoms with Crippen LogP contribution in [0.4, 0.5) is 5.69 Å². The average Bonchev–Trinajstić information content (AvgIpc) is 3.36. The van der Waals surface area contributed by atoms with Crippen LogP contribution in [0, 0.1) is 24.7 Å². The Bertz CT molecular complexity index is 1860. The third-order valence-electron chi connectivity index (χ3n) is 11.4. The summed E-state index contributed by atoms with van der Waals surface area (Å²) < 4.78 is 41.1. The SMILES string of the molecule is Cc1cc(C[C@@]2(O)/C=C\C[C@H](C)[C@@H](C)S(=O)(=O)NC(=O)c3ccc4c(c3)N(C[C@@H]3CC[C@H]32)C[C@@]2(CCCc3cc(Cl)ccc32)CO4)no1. The molecule has 256 valence electrons. The van der Waals surface area contributed by atoms with Crippen molar-refractivity contribution in [2.75, 3.05) is 24.6 Å². The van der Waals surface area contributed by atoms with Crippen molar-refractivity contribution in [1.82, 2.24) is 9.88 Å². The van der Waals surface area contributed by atoms with E-state index >= 15 is 0 Å². The van der Waals surface area contributed by atoms with Crippen LogP contribution in [0.2, 0.25) is 5.02 Å². The molecule has 3 aromatic rings. The highest BCUT2D eigenvalue weighted by atomic mass is 35.5. The fraction of sp³-hybridized carbons (Fsp3) is 0.514. The van der Waals surface area contributed by atoms with E-state index in [0.717, 1.165) is 42.8 Å². The Labute approximate surface area is 287 Å². The summed E-state index contributed by atoms with van der Waals surface area (Å²) in [7, 11) is -3.99. The lowest BCUT2D eigenvalue weighted by molar-refractivity contribution is -0.0456. The Morgan fingerprint density at radius 3 is 2.73 bits per heavy atom. The lowest BCUT2D eigenvalue weighted by Gasteiger charge is -2.49. The van der Waals surface area contributed by atoms with E-state index in [4.69, 9.17) is 20.9 Å². The second-order valence-electron chi connectivity index (χ2n) is 14.6. The number of ether oxygens (including phenoxy) is 1. The molecule has 2 N–H and O–H groups in total. The van der Waals surface area contributed by atoms with Crippen LogP contribution in [0.1, 0.15) is 78.9 Å². The lowest BCUT2D eigenvalue weighted by atomic mass is 9.62. The number of aliphatic hydroxyl groups is 1. The van der Waals surface area contributed by atoms with Crippen LogP contribution in [0.3, 0.4) is 0 Å². The molecule has 1 spiro atoms. The van der Waals surface area contributed by atoms with Gasteiger partial charge in [-0.3, -0.25) is 4.79 Å². The minimum Gasteiger partial charge on any atom is -0.490 e. The summed E-state index contributed by atoms with van der Waals surface area (Å²) in [4.78, 5) is 15.8. The van der Waals surface area contributed by atoms with Crippen molar-refractivity contribution in [2.24, 2.45) is 17.8 Å². The van der Waals surface area contributed by atoms with Gasteiger partial charge >= 0.3 is 0 Å². The van der Waals surface area contributed by atoms with E-state index in [9.17, 15) is 18.3 Å². The second kappa shape index (κ2) is 12.5. The summed E-state index contributed by atoms with van der Waals surface area (Å²) in [5, 5.41) is 16.5. The number of sulfonamides is 1. The molecule has 9 nitrogen and oxygen atoms in total. The Hall–Kier alpha value is -3.34. The molecule has 6 atom stereocenters. The summed E-state index contributed by atoms with van der Waals surface area (Å²) in [5.74, 6) is 0.445. The number of amides is 1. The Morgan fingerprint density at radius 2 is 1.98 bits per heavy atom. The van der Waals surface area contributed by atoms with Gasteiger partial charge in [0.1, 0.15) is 11.5 Å². The van der Waals surface area contributed by atoms with Crippen LogP contribution in [-0.2, 0) is 28.3 Å². The molecular weight excluding hydrogens is 650 g/mol. The number of nitrogens with one attached hydrogen (secondary N) is 1. The van der Waals surface area contributed by atoms with Crippen LogP contribution in [0.15, 0.2) is 59.1 Å². The number of hydrogen-bond acceptors (Lipinski definition) is 8. The highest BCUT2D eigenvalue weighted by Crippen LogP contribution is 2.49. The van der Waals surface area contributed by atoms with Crippen LogP contribution in [-0.4, -0.2) is 55.1 Å². The van der Waals surface area contributed by atoms with Gasteiger partial charge in [-0.2, -0.15) is 0 Å². The molecule has 11 heteroatoms. The number of carbonyl (C=O) groups excluding carboxylic acids is 1. The molecule has 2 aliphatic heterocycles. The molecule has 0 saturated heterocycles. The zero-order valence-corrected chi connectivity index (χ0v) is 29.3. The first kappa shape index (κ1) is 33.2. The fourth-order valence-corrected chi connectivity index (χ4v) is 9.83. The molecule has 2 aliphatic carbocycles. The first-order valence-corrected chi connectivity index (χ1v) is 19.0. The molecule has 4 aliphatic rings. The smallest absolute Gasteiger partial charge is 0.264 e. The molecule has 2 bridgehead atoms. The summed E-state index contributed by atoms with van der Waals surface area (Å²) in [6.45, 7) is 7.05. The predicted molar refractivity (Wildman–Crippen MR) is 185 cm³/mol. The van der Waals surface area contributed by atoms with Gasteiger partial charge < -0.3 is 19.3 Å². The number of aromatic nitrogens is 1. The number of fused-ring (bicyclic) bond motifs is 4. The van der Waals surface area contributed by atoms with Crippen molar-refractivity contribution in [1.29, 1.82) is 0 Å². The van der Waals surface area contributed by atoms with Crippen molar-refractivity contribution < 1.29 is 27.6 Å². The number of halogens is 1. The fourth-order valence-electron chi connectivity index (χ4n) is 8.35. The van der Waals surface area contributed by atoms with Crippen molar-refractivity contribution >= 4 is 33.2 Å². The monoisotopic (exact) mass is 693 g/mol. The zero-order valence-electron chi connectivity index (χ0n) is 27.7. The summed E-state index contributed by atoms with van der Waals surface area (Å²) in [6, 6.07) is 13.2. The molecule has 1 saturated carbocycles. The topological polar surface area (TPSA) is 122 Å². The summed E-state index contributed by atoms with van der Waals surface area (Å²) in [5.41, 5.74) is 2.63. The van der Waals surface area contributed by atoms with Crippen molar-refractivity contribution in [3.63, 3.8) is 0 Å². The average molecular weight is 694 g/mol. The van der Waals surface area contributed by atoms with E-state index in [2.05, 4.69) is 26.9 Å². The molecule has 0 unspecified atom stereocenters. The molecule has 48 heavy (non-hydrogen) atoms. The highest BCUT2D eigenvalue weighted by molar-refractivity contribution is 7.90. The van der Waals surface area contributed by atoms with E-state index in [1.54, 1.807) is 25.1 Å². The Morgan fingerprint density at radius 1 is 1.15 bits per heavy atom. The first-order valence-electron chi connectivity index (χ1n) is 17.0. The maximum atomic E-state index is 13.5. The number of benzene rings is 2. The second-order valence-corrected chi connectivity index (χ2v) is 17.1. The van der Waals surface area contributed by atoms with Crippen molar-refractivity contribution in [3.8, 4) is 5.75 Å². The number of rotatable bonds is 2. The van der Waals surface area contributed by atoms with E-state index in [-0.39, 0.29) is 28.7 Å². The van der Waals surface area contributed by atoms with Gasteiger partial charge in [-0.05, 0) is 112 Å². The summed E-state index contributed by atoms with van der Waals surface area (Å²) in [6.07, 6.45) is 9.12. The van der Waals surface area contributed by atoms with Gasteiger partial charge in [-0.25, -0.2) is 13.1 Å². The van der Waals surface area contributed by atoms with Crippen LogP contribution in [0.5, 0.6) is 5.75 Å². The number of nitrogens with zero attached hydrogens (tertiary/aromatic N) is 2. The predicted octanol–water partition coefficient (Wildman–Crippen LogP) is 6.15. The number of anilines is 1. The van der Waals surface area contributed by atoms with E-state index in [1.807, 2.05) is 38.1 Å². The first-order chi connectivity index (χ1) is 22.9. The van der Waals surface area contributed by atoms with Crippen LogP contribution in [0.25, 0.3) is 0 Å². The largest absolute Gasteiger partial charge is 0.490 e. The third kappa shape index (κ3) is 6.16. The normalized spacial score (nSPS) is 32.2. The van der Waals surface area contributed by atoms with E-state index in [0.29, 0.717) is 49.7 Å². The van der Waals surface area contributed by atoms with Crippen molar-refractivity contribution in [2.45, 2.75) is 82.0 Å². The number of aryl methyl sites for hydroxylation is 2. The molecular formula is C37H44ClN3O6S. The molecule has 1 amide bonds. The quantitative estimate of drug-likeness (QED) is 0.307. The molecule has 7 rings (SSSR count). The van der Waals surface area contributed by atoms with Gasteiger partial charge in [0.25, 0.3) is 5.91 Å². The molecule has 1 fully saturated rings. The molecule has 0 radical (unpaired) electrons. The number of hydrogen-bond donors (Lipinski definition) is 2. The van der Waals surface area contributed by atoms with Gasteiger partial charge in [-0.15, -0.1) is 0 Å². The van der Waals surface area contributed by atoms with Crippen molar-refractivity contribution in [3.05, 3.63) is 87.8 Å². The zero-order chi connectivity index (χ0) is 33.8. The maximum absolute atomic E-state index is 13.5. The van der Waals surface area contributed by atoms with Gasteiger partial charge in [0, 0.05) is 41.6 Å². The minimum atomic E-state index is -3.99. The maximum Gasteiger partial charge on any atom is 0.264 e.